The van der Waals surface area contributed by atoms with Crippen LogP contribution in [0.1, 0.15) is 22.5 Å². The van der Waals surface area contributed by atoms with Crippen molar-refractivity contribution >= 4 is 0 Å². The summed E-state index contributed by atoms with van der Waals surface area (Å²) < 4.78 is 0. The Kier molecular flexibility index (Phi) is 3.81. The molecule has 4 rings (SSSR count). The van der Waals surface area contributed by atoms with Crippen LogP contribution in [-0.2, 0) is 19.5 Å². The molecule has 0 atom stereocenters. The predicted octanol–water partition coefficient (Wildman–Crippen LogP) is 2.90. The molecule has 0 bridgehead atoms. The summed E-state index contributed by atoms with van der Waals surface area (Å²) in [5.41, 5.74) is 5.14. The zero-order valence-electron chi connectivity index (χ0n) is 13.2. The number of rotatable bonds is 3. The molecule has 0 amide bonds. The lowest BCUT2D eigenvalue weighted by Crippen LogP contribution is -2.30. The van der Waals surface area contributed by atoms with Gasteiger partial charge in [-0.05, 0) is 23.8 Å². The highest BCUT2D eigenvalue weighted by molar-refractivity contribution is 5.54. The van der Waals surface area contributed by atoms with E-state index in [1.807, 2.05) is 42.6 Å². The second-order valence-electron chi connectivity index (χ2n) is 5.98. The van der Waals surface area contributed by atoms with E-state index < -0.39 is 0 Å². The highest BCUT2D eigenvalue weighted by Gasteiger charge is 2.21. The molecule has 1 aromatic carbocycles. The van der Waals surface area contributed by atoms with Crippen molar-refractivity contribution in [1.29, 1.82) is 5.26 Å². The normalized spacial score (nSPS) is 14.1. The van der Waals surface area contributed by atoms with E-state index in [9.17, 15) is 5.26 Å². The Labute approximate surface area is 140 Å². The van der Waals surface area contributed by atoms with E-state index in [2.05, 4.69) is 20.9 Å². The highest BCUT2D eigenvalue weighted by atomic mass is 15.2. The van der Waals surface area contributed by atoms with E-state index >= 15 is 0 Å². The number of fused-ring (bicyclic) bond motifs is 1. The van der Waals surface area contributed by atoms with Gasteiger partial charge in [0, 0.05) is 44.0 Å². The molecule has 118 valence electrons. The van der Waals surface area contributed by atoms with Crippen molar-refractivity contribution in [1.82, 2.24) is 19.9 Å². The number of aromatic nitrogens is 3. The van der Waals surface area contributed by atoms with Gasteiger partial charge in [0.15, 0.2) is 0 Å². The van der Waals surface area contributed by atoms with Gasteiger partial charge in [-0.3, -0.25) is 9.88 Å². The summed E-state index contributed by atoms with van der Waals surface area (Å²) >= 11 is 0. The van der Waals surface area contributed by atoms with Gasteiger partial charge in [0.1, 0.15) is 5.82 Å². The fourth-order valence-corrected chi connectivity index (χ4v) is 3.13. The molecule has 3 heterocycles. The maximum Gasteiger partial charge on any atom is 0.139 e. The number of hydrogen-bond donors (Lipinski definition) is 1. The predicted molar refractivity (Wildman–Crippen MR) is 90.8 cm³/mol. The van der Waals surface area contributed by atoms with Gasteiger partial charge in [0.2, 0.25) is 0 Å². The average Bonchev–Trinajstić information content (AvgIpc) is 3.06. The van der Waals surface area contributed by atoms with Gasteiger partial charge < -0.3 is 4.98 Å². The first-order valence-corrected chi connectivity index (χ1v) is 8.02. The number of nitrogens with zero attached hydrogens (tertiary/aromatic N) is 4. The van der Waals surface area contributed by atoms with Gasteiger partial charge in [-0.1, -0.05) is 18.2 Å². The number of nitrogens with one attached hydrogen (secondary N) is 1. The Morgan fingerprint density at radius 2 is 2.12 bits per heavy atom. The van der Waals surface area contributed by atoms with E-state index in [1.165, 1.54) is 0 Å². The van der Waals surface area contributed by atoms with Crippen LogP contribution in [0.2, 0.25) is 0 Å². The third-order valence-corrected chi connectivity index (χ3v) is 4.38. The van der Waals surface area contributed by atoms with E-state index in [0.29, 0.717) is 0 Å². The Hall–Kier alpha value is -2.97. The van der Waals surface area contributed by atoms with E-state index in [1.54, 1.807) is 6.20 Å². The zero-order chi connectivity index (χ0) is 16.4. The molecule has 1 aliphatic rings. The van der Waals surface area contributed by atoms with Crippen LogP contribution in [0.3, 0.4) is 0 Å². The fourth-order valence-electron chi connectivity index (χ4n) is 3.13. The van der Waals surface area contributed by atoms with Gasteiger partial charge >= 0.3 is 0 Å². The van der Waals surface area contributed by atoms with E-state index in [-0.39, 0.29) is 0 Å². The summed E-state index contributed by atoms with van der Waals surface area (Å²) in [5, 5.41) is 9.24. The molecule has 5 nitrogen and oxygen atoms in total. The number of nitriles is 1. The van der Waals surface area contributed by atoms with Crippen LogP contribution in [0.4, 0.5) is 0 Å². The van der Waals surface area contributed by atoms with Crippen LogP contribution in [0.5, 0.6) is 0 Å². The van der Waals surface area contributed by atoms with Gasteiger partial charge in [-0.2, -0.15) is 5.26 Å². The van der Waals surface area contributed by atoms with Crippen molar-refractivity contribution < 1.29 is 0 Å². The molecular weight excluding hydrogens is 298 g/mol. The van der Waals surface area contributed by atoms with Gasteiger partial charge in [-0.25, -0.2) is 4.98 Å². The smallest absolute Gasteiger partial charge is 0.139 e. The third-order valence-electron chi connectivity index (χ3n) is 4.38. The molecule has 24 heavy (non-hydrogen) atoms. The summed E-state index contributed by atoms with van der Waals surface area (Å²) in [4.78, 5) is 14.7. The molecule has 0 spiro atoms. The lowest BCUT2D eigenvalue weighted by atomic mass is 10.1. The number of imidazole rings is 1. The van der Waals surface area contributed by atoms with Crippen LogP contribution in [0.25, 0.3) is 11.4 Å². The SMILES string of the molecule is N#Cc1ccccc1CN1CCc2nc(-c3cccnc3)[nH]c2C1. The van der Waals surface area contributed by atoms with Crippen molar-refractivity contribution in [3.05, 3.63) is 71.3 Å². The van der Waals surface area contributed by atoms with Crippen LogP contribution >= 0.6 is 0 Å². The summed E-state index contributed by atoms with van der Waals surface area (Å²) in [5.74, 6) is 0.882. The Morgan fingerprint density at radius 3 is 2.96 bits per heavy atom. The first kappa shape index (κ1) is 14.6. The third kappa shape index (κ3) is 2.80. The molecule has 1 N–H and O–H groups in total. The van der Waals surface area contributed by atoms with E-state index in [0.717, 1.165) is 60.0 Å². The molecule has 0 radical (unpaired) electrons. The number of pyridine rings is 1. The second kappa shape index (κ2) is 6.26. The Balaban J connectivity index is 1.54. The minimum absolute atomic E-state index is 0.754. The van der Waals surface area contributed by atoms with Crippen LogP contribution in [0.15, 0.2) is 48.8 Å². The van der Waals surface area contributed by atoms with Crippen molar-refractivity contribution in [2.24, 2.45) is 0 Å². The minimum Gasteiger partial charge on any atom is -0.340 e. The molecule has 3 aromatic rings. The minimum atomic E-state index is 0.754. The molecule has 0 fully saturated rings. The first-order chi connectivity index (χ1) is 11.8. The topological polar surface area (TPSA) is 68.6 Å². The van der Waals surface area contributed by atoms with Crippen molar-refractivity contribution in [2.75, 3.05) is 6.54 Å². The highest BCUT2D eigenvalue weighted by Crippen LogP contribution is 2.23. The summed E-state index contributed by atoms with van der Waals surface area (Å²) in [6.45, 7) is 2.55. The number of aromatic amines is 1. The van der Waals surface area contributed by atoms with E-state index in [4.69, 9.17) is 4.98 Å². The number of hydrogen-bond acceptors (Lipinski definition) is 4. The number of benzene rings is 1. The Morgan fingerprint density at radius 1 is 1.21 bits per heavy atom. The molecule has 0 saturated carbocycles. The molecule has 0 saturated heterocycles. The van der Waals surface area contributed by atoms with Crippen molar-refractivity contribution in [2.45, 2.75) is 19.5 Å². The van der Waals surface area contributed by atoms with Crippen molar-refractivity contribution in [3.8, 4) is 17.5 Å². The summed E-state index contributed by atoms with van der Waals surface area (Å²) in [7, 11) is 0. The largest absolute Gasteiger partial charge is 0.340 e. The fraction of sp³-hybridized carbons (Fsp3) is 0.211. The van der Waals surface area contributed by atoms with Crippen molar-refractivity contribution in [3.63, 3.8) is 0 Å². The zero-order valence-corrected chi connectivity index (χ0v) is 13.2. The van der Waals surface area contributed by atoms with Gasteiger partial charge in [0.25, 0.3) is 0 Å². The maximum atomic E-state index is 9.24. The van der Waals surface area contributed by atoms with Crippen LogP contribution < -0.4 is 0 Å². The van der Waals surface area contributed by atoms with Crippen LogP contribution in [-0.4, -0.2) is 26.4 Å². The summed E-state index contributed by atoms with van der Waals surface area (Å²) in [6.07, 6.45) is 4.51. The first-order valence-electron chi connectivity index (χ1n) is 8.02. The van der Waals surface area contributed by atoms with Gasteiger partial charge in [-0.15, -0.1) is 0 Å². The quantitative estimate of drug-likeness (QED) is 0.807. The molecule has 2 aromatic heterocycles. The lowest BCUT2D eigenvalue weighted by molar-refractivity contribution is 0.241. The Bertz CT molecular complexity index is 892. The molecule has 5 heteroatoms. The lowest BCUT2D eigenvalue weighted by Gasteiger charge is -2.26. The van der Waals surface area contributed by atoms with Gasteiger partial charge in [0.05, 0.1) is 23.0 Å². The molecule has 1 aliphatic heterocycles. The maximum absolute atomic E-state index is 9.24. The second-order valence-corrected chi connectivity index (χ2v) is 5.98. The van der Waals surface area contributed by atoms with Crippen LogP contribution in [0, 0.1) is 11.3 Å². The monoisotopic (exact) mass is 315 g/mol. The molecule has 0 aliphatic carbocycles. The standard InChI is InChI=1S/C19H17N5/c20-10-14-4-1-2-5-16(14)12-24-9-7-17-18(13-24)23-19(22-17)15-6-3-8-21-11-15/h1-6,8,11H,7,9,12-13H2,(H,22,23). The number of H-pyrrole nitrogens is 1. The average molecular weight is 315 g/mol. The molecular formula is C19H17N5. The molecule has 0 unspecified atom stereocenters. The summed E-state index contributed by atoms with van der Waals surface area (Å²) in [6, 6.07) is 14.0.